The first-order chi connectivity index (χ1) is 5.66. The second-order valence-electron chi connectivity index (χ2n) is 3.37. The van der Waals surface area contributed by atoms with Crippen LogP contribution in [0.5, 0.6) is 0 Å². The standard InChI is InChI=1S/C10H21NO/c1-4-5-6-8-11(3)9-7-10(2)12/h4,10,12H,1,5-9H2,2-3H3. The Labute approximate surface area is 75.9 Å². The van der Waals surface area contributed by atoms with Crippen LogP contribution in [0.15, 0.2) is 12.7 Å². The Morgan fingerprint density at radius 3 is 2.67 bits per heavy atom. The van der Waals surface area contributed by atoms with Crippen LogP contribution < -0.4 is 0 Å². The van der Waals surface area contributed by atoms with E-state index in [1.54, 1.807) is 0 Å². The van der Waals surface area contributed by atoms with Crippen molar-refractivity contribution in [2.75, 3.05) is 20.1 Å². The monoisotopic (exact) mass is 171 g/mol. The second-order valence-corrected chi connectivity index (χ2v) is 3.37. The molecule has 72 valence electrons. The summed E-state index contributed by atoms with van der Waals surface area (Å²) in [6, 6.07) is 0. The molecular formula is C10H21NO. The molecule has 1 atom stereocenters. The van der Waals surface area contributed by atoms with E-state index in [2.05, 4.69) is 18.5 Å². The summed E-state index contributed by atoms with van der Waals surface area (Å²) in [5, 5.41) is 9.03. The van der Waals surface area contributed by atoms with Crippen LogP contribution in [0.2, 0.25) is 0 Å². The number of hydrogen-bond acceptors (Lipinski definition) is 2. The SMILES string of the molecule is C=CCCCN(C)CCC(C)O. The molecule has 2 nitrogen and oxygen atoms in total. The smallest absolute Gasteiger partial charge is 0.0524 e. The van der Waals surface area contributed by atoms with Crippen molar-refractivity contribution in [3.63, 3.8) is 0 Å². The van der Waals surface area contributed by atoms with Crippen LogP contribution in [0.1, 0.15) is 26.2 Å². The van der Waals surface area contributed by atoms with Gasteiger partial charge in [0.15, 0.2) is 0 Å². The molecule has 0 amide bonds. The van der Waals surface area contributed by atoms with Crippen LogP contribution in [-0.4, -0.2) is 36.2 Å². The zero-order chi connectivity index (χ0) is 9.40. The molecule has 0 heterocycles. The van der Waals surface area contributed by atoms with Crippen LogP contribution in [0, 0.1) is 0 Å². The molecule has 0 rings (SSSR count). The highest BCUT2D eigenvalue weighted by Crippen LogP contribution is 1.96. The van der Waals surface area contributed by atoms with Crippen molar-refractivity contribution in [1.29, 1.82) is 0 Å². The molecule has 0 bridgehead atoms. The van der Waals surface area contributed by atoms with Crippen molar-refractivity contribution in [3.05, 3.63) is 12.7 Å². The second kappa shape index (κ2) is 7.32. The molecule has 0 saturated heterocycles. The van der Waals surface area contributed by atoms with Crippen molar-refractivity contribution >= 4 is 0 Å². The van der Waals surface area contributed by atoms with Crippen molar-refractivity contribution in [2.24, 2.45) is 0 Å². The van der Waals surface area contributed by atoms with Gasteiger partial charge in [0.2, 0.25) is 0 Å². The molecule has 0 radical (unpaired) electrons. The van der Waals surface area contributed by atoms with Gasteiger partial charge in [-0.05, 0) is 39.8 Å². The molecule has 1 unspecified atom stereocenters. The topological polar surface area (TPSA) is 23.5 Å². The fourth-order valence-electron chi connectivity index (χ4n) is 1.02. The number of aliphatic hydroxyl groups is 1. The summed E-state index contributed by atoms with van der Waals surface area (Å²) in [5.41, 5.74) is 0. The summed E-state index contributed by atoms with van der Waals surface area (Å²) in [4.78, 5) is 2.25. The molecule has 1 N–H and O–H groups in total. The molecular weight excluding hydrogens is 150 g/mol. The summed E-state index contributed by atoms with van der Waals surface area (Å²) >= 11 is 0. The van der Waals surface area contributed by atoms with Crippen molar-refractivity contribution in [3.8, 4) is 0 Å². The van der Waals surface area contributed by atoms with Crippen LogP contribution in [0.25, 0.3) is 0 Å². The lowest BCUT2D eigenvalue weighted by molar-refractivity contribution is 0.164. The lowest BCUT2D eigenvalue weighted by Gasteiger charge is -2.16. The van der Waals surface area contributed by atoms with Crippen LogP contribution in [0.4, 0.5) is 0 Å². The average molecular weight is 171 g/mol. The van der Waals surface area contributed by atoms with E-state index < -0.39 is 0 Å². The lowest BCUT2D eigenvalue weighted by atomic mass is 10.2. The molecule has 2 heteroatoms. The Morgan fingerprint density at radius 2 is 2.17 bits per heavy atom. The third-order valence-electron chi connectivity index (χ3n) is 1.88. The first kappa shape index (κ1) is 11.7. The molecule has 12 heavy (non-hydrogen) atoms. The predicted molar refractivity (Wildman–Crippen MR) is 53.2 cm³/mol. The number of rotatable bonds is 7. The van der Waals surface area contributed by atoms with Gasteiger partial charge in [0.25, 0.3) is 0 Å². The van der Waals surface area contributed by atoms with Gasteiger partial charge in [0.1, 0.15) is 0 Å². The number of allylic oxidation sites excluding steroid dienone is 1. The highest BCUT2D eigenvalue weighted by molar-refractivity contribution is 4.67. The number of hydrogen-bond donors (Lipinski definition) is 1. The Balaban J connectivity index is 3.21. The molecule has 0 aromatic heterocycles. The van der Waals surface area contributed by atoms with Gasteiger partial charge >= 0.3 is 0 Å². The van der Waals surface area contributed by atoms with Gasteiger partial charge in [-0.3, -0.25) is 0 Å². The summed E-state index contributed by atoms with van der Waals surface area (Å²) < 4.78 is 0. The molecule has 0 saturated carbocycles. The lowest BCUT2D eigenvalue weighted by Crippen LogP contribution is -2.23. The third-order valence-corrected chi connectivity index (χ3v) is 1.88. The zero-order valence-corrected chi connectivity index (χ0v) is 8.29. The number of aliphatic hydroxyl groups excluding tert-OH is 1. The van der Waals surface area contributed by atoms with Gasteiger partial charge in [-0.2, -0.15) is 0 Å². The summed E-state index contributed by atoms with van der Waals surface area (Å²) in [6.45, 7) is 7.58. The summed E-state index contributed by atoms with van der Waals surface area (Å²) in [7, 11) is 2.09. The normalized spacial score (nSPS) is 13.3. The van der Waals surface area contributed by atoms with Crippen LogP contribution >= 0.6 is 0 Å². The van der Waals surface area contributed by atoms with Gasteiger partial charge in [-0.15, -0.1) is 6.58 Å². The fraction of sp³-hybridized carbons (Fsp3) is 0.800. The molecule has 0 aliphatic heterocycles. The van der Waals surface area contributed by atoms with E-state index in [1.165, 1.54) is 6.42 Å². The minimum atomic E-state index is -0.174. The molecule has 0 aromatic carbocycles. The Bertz CT molecular complexity index is 112. The molecule has 0 fully saturated rings. The van der Waals surface area contributed by atoms with E-state index in [0.717, 1.165) is 25.9 Å². The minimum absolute atomic E-state index is 0.174. The highest BCUT2D eigenvalue weighted by Gasteiger charge is 1.99. The summed E-state index contributed by atoms with van der Waals surface area (Å²) in [6.07, 6.45) is 4.89. The van der Waals surface area contributed by atoms with Gasteiger partial charge in [0.05, 0.1) is 6.10 Å². The quantitative estimate of drug-likeness (QED) is 0.465. The maximum atomic E-state index is 9.03. The molecule has 0 aliphatic rings. The molecule has 0 aliphatic carbocycles. The Kier molecular flexibility index (Phi) is 7.11. The van der Waals surface area contributed by atoms with Gasteiger partial charge < -0.3 is 10.0 Å². The number of nitrogens with zero attached hydrogens (tertiary/aromatic N) is 1. The van der Waals surface area contributed by atoms with E-state index in [-0.39, 0.29) is 6.10 Å². The summed E-state index contributed by atoms with van der Waals surface area (Å²) in [5.74, 6) is 0. The van der Waals surface area contributed by atoms with E-state index >= 15 is 0 Å². The Morgan fingerprint density at radius 1 is 1.50 bits per heavy atom. The van der Waals surface area contributed by atoms with Crippen molar-refractivity contribution < 1.29 is 5.11 Å². The molecule has 0 spiro atoms. The van der Waals surface area contributed by atoms with Crippen molar-refractivity contribution in [2.45, 2.75) is 32.3 Å². The maximum Gasteiger partial charge on any atom is 0.0524 e. The average Bonchev–Trinajstić information content (AvgIpc) is 2.01. The maximum absolute atomic E-state index is 9.03. The van der Waals surface area contributed by atoms with E-state index in [1.807, 2.05) is 13.0 Å². The number of unbranched alkanes of at least 4 members (excludes halogenated alkanes) is 1. The Hall–Kier alpha value is -0.340. The minimum Gasteiger partial charge on any atom is -0.393 e. The van der Waals surface area contributed by atoms with Crippen LogP contribution in [-0.2, 0) is 0 Å². The van der Waals surface area contributed by atoms with Gasteiger partial charge in [-0.1, -0.05) is 6.08 Å². The van der Waals surface area contributed by atoms with E-state index in [0.29, 0.717) is 0 Å². The highest BCUT2D eigenvalue weighted by atomic mass is 16.3. The first-order valence-electron chi connectivity index (χ1n) is 4.64. The fourth-order valence-corrected chi connectivity index (χ4v) is 1.02. The van der Waals surface area contributed by atoms with E-state index in [9.17, 15) is 0 Å². The van der Waals surface area contributed by atoms with E-state index in [4.69, 9.17) is 5.11 Å². The zero-order valence-electron chi connectivity index (χ0n) is 8.29. The third kappa shape index (κ3) is 7.76. The first-order valence-corrected chi connectivity index (χ1v) is 4.64. The van der Waals surface area contributed by atoms with Gasteiger partial charge in [0, 0.05) is 6.54 Å². The van der Waals surface area contributed by atoms with Gasteiger partial charge in [-0.25, -0.2) is 0 Å². The largest absolute Gasteiger partial charge is 0.393 e. The predicted octanol–water partition coefficient (Wildman–Crippen LogP) is 1.66. The van der Waals surface area contributed by atoms with Crippen molar-refractivity contribution in [1.82, 2.24) is 4.90 Å². The molecule has 0 aromatic rings. The van der Waals surface area contributed by atoms with Crippen LogP contribution in [0.3, 0.4) is 0 Å².